The third kappa shape index (κ3) is 2.87. The summed E-state index contributed by atoms with van der Waals surface area (Å²) in [6, 6.07) is 5.15. The zero-order valence-corrected chi connectivity index (χ0v) is 11.5. The van der Waals surface area contributed by atoms with Crippen molar-refractivity contribution in [2.75, 3.05) is 14.2 Å². The molecule has 1 amide bonds. The van der Waals surface area contributed by atoms with Gasteiger partial charge in [-0.3, -0.25) is 9.89 Å². The number of hydrogen-bond donors (Lipinski definition) is 2. The van der Waals surface area contributed by atoms with Gasteiger partial charge in [0.1, 0.15) is 17.8 Å². The van der Waals surface area contributed by atoms with Crippen LogP contribution in [-0.4, -0.2) is 35.3 Å². The first-order valence-corrected chi connectivity index (χ1v) is 6.04. The molecule has 7 nitrogen and oxygen atoms in total. The van der Waals surface area contributed by atoms with Crippen molar-refractivity contribution in [2.45, 2.75) is 13.0 Å². The highest BCUT2D eigenvalue weighted by Gasteiger charge is 2.17. The van der Waals surface area contributed by atoms with E-state index in [0.717, 1.165) is 5.56 Å². The summed E-state index contributed by atoms with van der Waals surface area (Å²) in [7, 11) is 3.17. The molecule has 1 aromatic carbocycles. The van der Waals surface area contributed by atoms with Crippen LogP contribution in [0.15, 0.2) is 24.5 Å². The normalized spacial score (nSPS) is 11.8. The Kier molecular flexibility index (Phi) is 4.19. The van der Waals surface area contributed by atoms with Crippen LogP contribution in [0.3, 0.4) is 0 Å². The fourth-order valence-corrected chi connectivity index (χ4v) is 1.84. The largest absolute Gasteiger partial charge is 0.497 e. The standard InChI is InChI=1S/C13H16N4O3/c1-8(16-13(18)12-14-7-15-17-12)10-6-9(19-2)4-5-11(10)20-3/h4-8H,1-3H3,(H,16,18)(H,14,15,17). The van der Waals surface area contributed by atoms with E-state index in [4.69, 9.17) is 9.47 Å². The molecule has 0 aliphatic heterocycles. The number of nitrogens with one attached hydrogen (secondary N) is 2. The van der Waals surface area contributed by atoms with E-state index < -0.39 is 0 Å². The highest BCUT2D eigenvalue weighted by molar-refractivity contribution is 5.90. The van der Waals surface area contributed by atoms with E-state index >= 15 is 0 Å². The van der Waals surface area contributed by atoms with Crippen molar-refractivity contribution in [1.82, 2.24) is 20.5 Å². The Hall–Kier alpha value is -2.57. The van der Waals surface area contributed by atoms with Gasteiger partial charge in [0, 0.05) is 5.56 Å². The van der Waals surface area contributed by atoms with Crippen LogP contribution in [0.5, 0.6) is 11.5 Å². The molecule has 2 rings (SSSR count). The topological polar surface area (TPSA) is 89.1 Å². The number of amides is 1. The molecule has 1 heterocycles. The Balaban J connectivity index is 2.19. The summed E-state index contributed by atoms with van der Waals surface area (Å²) in [5, 5.41) is 8.97. The number of ether oxygens (including phenoxy) is 2. The molecule has 0 fully saturated rings. The molecule has 7 heteroatoms. The number of methoxy groups -OCH3 is 2. The summed E-state index contributed by atoms with van der Waals surface area (Å²) in [5.74, 6) is 1.20. The molecule has 1 atom stereocenters. The first-order valence-electron chi connectivity index (χ1n) is 6.04. The number of benzene rings is 1. The quantitative estimate of drug-likeness (QED) is 0.859. The fourth-order valence-electron chi connectivity index (χ4n) is 1.84. The molecule has 2 N–H and O–H groups in total. The number of rotatable bonds is 5. The predicted octanol–water partition coefficient (Wildman–Crippen LogP) is 1.31. The molecule has 0 spiro atoms. The molecule has 0 radical (unpaired) electrons. The lowest BCUT2D eigenvalue weighted by atomic mass is 10.1. The number of carbonyl (C=O) groups excluding carboxylic acids is 1. The summed E-state index contributed by atoms with van der Waals surface area (Å²) in [6.45, 7) is 1.85. The highest BCUT2D eigenvalue weighted by atomic mass is 16.5. The Bertz CT molecular complexity index is 583. The van der Waals surface area contributed by atoms with E-state index in [9.17, 15) is 4.79 Å². The molecule has 1 unspecified atom stereocenters. The van der Waals surface area contributed by atoms with Gasteiger partial charge in [-0.25, -0.2) is 4.98 Å². The molecule has 0 aliphatic carbocycles. The number of nitrogens with zero attached hydrogens (tertiary/aromatic N) is 2. The molecule has 0 aliphatic rings. The lowest BCUT2D eigenvalue weighted by Crippen LogP contribution is -2.27. The van der Waals surface area contributed by atoms with Crippen molar-refractivity contribution < 1.29 is 14.3 Å². The van der Waals surface area contributed by atoms with Crippen LogP contribution in [0.2, 0.25) is 0 Å². The van der Waals surface area contributed by atoms with Gasteiger partial charge in [0.2, 0.25) is 5.82 Å². The number of H-pyrrole nitrogens is 1. The zero-order chi connectivity index (χ0) is 14.5. The van der Waals surface area contributed by atoms with Crippen molar-refractivity contribution in [2.24, 2.45) is 0 Å². The molecule has 106 valence electrons. The minimum absolute atomic E-state index is 0.165. The van der Waals surface area contributed by atoms with Crippen molar-refractivity contribution in [3.63, 3.8) is 0 Å². The SMILES string of the molecule is COc1ccc(OC)c(C(C)NC(=O)c2ncn[nH]2)c1. The third-order valence-corrected chi connectivity index (χ3v) is 2.88. The van der Waals surface area contributed by atoms with E-state index in [1.165, 1.54) is 6.33 Å². The first kappa shape index (κ1) is 13.9. The Morgan fingerprint density at radius 2 is 2.15 bits per heavy atom. The van der Waals surface area contributed by atoms with Crippen LogP contribution < -0.4 is 14.8 Å². The Morgan fingerprint density at radius 1 is 1.35 bits per heavy atom. The van der Waals surface area contributed by atoms with Crippen molar-refractivity contribution >= 4 is 5.91 Å². The maximum atomic E-state index is 11.9. The minimum atomic E-state index is -0.333. The fraction of sp³-hybridized carbons (Fsp3) is 0.308. The maximum absolute atomic E-state index is 11.9. The number of hydrogen-bond acceptors (Lipinski definition) is 5. The predicted molar refractivity (Wildman–Crippen MR) is 71.8 cm³/mol. The summed E-state index contributed by atoms with van der Waals surface area (Å²) >= 11 is 0. The Labute approximate surface area is 116 Å². The average Bonchev–Trinajstić information content (AvgIpc) is 3.00. The maximum Gasteiger partial charge on any atom is 0.289 e. The van der Waals surface area contributed by atoms with E-state index in [1.807, 2.05) is 13.0 Å². The van der Waals surface area contributed by atoms with E-state index in [1.54, 1.807) is 26.4 Å². The molecular weight excluding hydrogens is 260 g/mol. The summed E-state index contributed by atoms with van der Waals surface area (Å²) < 4.78 is 10.5. The number of aromatic nitrogens is 3. The van der Waals surface area contributed by atoms with Gasteiger partial charge in [-0.2, -0.15) is 5.10 Å². The van der Waals surface area contributed by atoms with Gasteiger partial charge in [-0.1, -0.05) is 0 Å². The summed E-state index contributed by atoms with van der Waals surface area (Å²) in [4.78, 5) is 15.7. The molecule has 0 saturated carbocycles. The lowest BCUT2D eigenvalue weighted by molar-refractivity contribution is 0.0929. The van der Waals surface area contributed by atoms with Gasteiger partial charge in [0.05, 0.1) is 20.3 Å². The Morgan fingerprint density at radius 3 is 2.75 bits per heavy atom. The minimum Gasteiger partial charge on any atom is -0.497 e. The van der Waals surface area contributed by atoms with E-state index in [2.05, 4.69) is 20.5 Å². The van der Waals surface area contributed by atoms with Crippen molar-refractivity contribution in [1.29, 1.82) is 0 Å². The van der Waals surface area contributed by atoms with Gasteiger partial charge in [0.25, 0.3) is 5.91 Å². The average molecular weight is 276 g/mol. The van der Waals surface area contributed by atoms with Crippen LogP contribution in [0.4, 0.5) is 0 Å². The van der Waals surface area contributed by atoms with Crippen molar-refractivity contribution in [3.05, 3.63) is 35.9 Å². The molecule has 0 bridgehead atoms. The molecule has 0 saturated heterocycles. The number of aromatic amines is 1. The van der Waals surface area contributed by atoms with Crippen LogP contribution in [-0.2, 0) is 0 Å². The van der Waals surface area contributed by atoms with Gasteiger partial charge in [-0.15, -0.1) is 0 Å². The van der Waals surface area contributed by atoms with Gasteiger partial charge in [0.15, 0.2) is 0 Å². The summed E-state index contributed by atoms with van der Waals surface area (Å²) in [6.07, 6.45) is 1.28. The van der Waals surface area contributed by atoms with Gasteiger partial charge >= 0.3 is 0 Å². The second kappa shape index (κ2) is 6.05. The molecular formula is C13H16N4O3. The van der Waals surface area contributed by atoms with Crippen molar-refractivity contribution in [3.8, 4) is 11.5 Å². The lowest BCUT2D eigenvalue weighted by Gasteiger charge is -2.17. The molecule has 2 aromatic rings. The number of carbonyl (C=O) groups is 1. The van der Waals surface area contributed by atoms with Crippen LogP contribution in [0, 0.1) is 0 Å². The van der Waals surface area contributed by atoms with E-state index in [0.29, 0.717) is 11.5 Å². The molecule has 20 heavy (non-hydrogen) atoms. The first-order chi connectivity index (χ1) is 9.65. The van der Waals surface area contributed by atoms with Crippen LogP contribution in [0.25, 0.3) is 0 Å². The van der Waals surface area contributed by atoms with Crippen LogP contribution in [0.1, 0.15) is 29.1 Å². The van der Waals surface area contributed by atoms with Gasteiger partial charge < -0.3 is 14.8 Å². The van der Waals surface area contributed by atoms with E-state index in [-0.39, 0.29) is 17.8 Å². The monoisotopic (exact) mass is 276 g/mol. The van der Waals surface area contributed by atoms with Crippen LogP contribution >= 0.6 is 0 Å². The summed E-state index contributed by atoms with van der Waals surface area (Å²) in [5.41, 5.74) is 0.819. The molecule has 1 aromatic heterocycles. The second-order valence-corrected chi connectivity index (χ2v) is 4.14. The highest BCUT2D eigenvalue weighted by Crippen LogP contribution is 2.29. The third-order valence-electron chi connectivity index (χ3n) is 2.88. The zero-order valence-electron chi connectivity index (χ0n) is 11.5. The smallest absolute Gasteiger partial charge is 0.289 e. The second-order valence-electron chi connectivity index (χ2n) is 4.14. The van der Waals surface area contributed by atoms with Gasteiger partial charge in [-0.05, 0) is 25.1 Å².